The Balaban J connectivity index is 1.52. The van der Waals surface area contributed by atoms with Gasteiger partial charge >= 0.3 is 0 Å². The van der Waals surface area contributed by atoms with Crippen LogP contribution in [0.5, 0.6) is 11.5 Å². The van der Waals surface area contributed by atoms with Crippen molar-refractivity contribution in [2.45, 2.75) is 12.5 Å². The summed E-state index contributed by atoms with van der Waals surface area (Å²) in [7, 11) is 1.38. The molecule has 2 aromatic heterocycles. The molecule has 0 saturated carbocycles. The van der Waals surface area contributed by atoms with Crippen LogP contribution in [0.25, 0.3) is 11.3 Å². The monoisotopic (exact) mass is 521 g/mol. The number of morpholine rings is 1. The van der Waals surface area contributed by atoms with Crippen LogP contribution in [0.1, 0.15) is 16.1 Å². The highest BCUT2D eigenvalue weighted by Crippen LogP contribution is 2.42. The van der Waals surface area contributed by atoms with Crippen LogP contribution in [-0.4, -0.2) is 72.7 Å². The Bertz CT molecular complexity index is 1370. The number of halogens is 1. The van der Waals surface area contributed by atoms with Gasteiger partial charge in [0.25, 0.3) is 5.91 Å². The third-order valence-corrected chi connectivity index (χ3v) is 6.57. The minimum atomic E-state index is -0.533. The van der Waals surface area contributed by atoms with Crippen molar-refractivity contribution in [1.29, 1.82) is 0 Å². The summed E-state index contributed by atoms with van der Waals surface area (Å²) >= 11 is 0. The highest BCUT2D eigenvalue weighted by Gasteiger charge is 2.30. The zero-order valence-electron chi connectivity index (χ0n) is 20.9. The fourth-order valence-corrected chi connectivity index (χ4v) is 4.74. The van der Waals surface area contributed by atoms with Crippen molar-refractivity contribution in [3.8, 4) is 22.8 Å². The Morgan fingerprint density at radius 1 is 1.39 bits per heavy atom. The van der Waals surface area contributed by atoms with E-state index in [1.54, 1.807) is 35.5 Å². The van der Waals surface area contributed by atoms with Crippen LogP contribution in [0, 0.1) is 5.82 Å². The number of rotatable bonds is 8. The summed E-state index contributed by atoms with van der Waals surface area (Å²) < 4.78 is 31.5. The summed E-state index contributed by atoms with van der Waals surface area (Å²) in [4.78, 5) is 34.5. The number of para-hydroxylation sites is 1. The molecule has 198 valence electrons. The normalized spacial score (nSPS) is 16.8. The van der Waals surface area contributed by atoms with Crippen molar-refractivity contribution in [1.82, 2.24) is 20.2 Å². The van der Waals surface area contributed by atoms with Gasteiger partial charge in [0.15, 0.2) is 11.6 Å². The van der Waals surface area contributed by atoms with Gasteiger partial charge in [-0.2, -0.15) is 0 Å². The summed E-state index contributed by atoms with van der Waals surface area (Å²) in [6.07, 6.45) is 5.06. The lowest BCUT2D eigenvalue weighted by Crippen LogP contribution is -2.50. The van der Waals surface area contributed by atoms with Gasteiger partial charge in [-0.1, -0.05) is 12.6 Å². The molecule has 0 bridgehead atoms. The molecule has 0 spiro atoms. The van der Waals surface area contributed by atoms with Crippen LogP contribution in [0.3, 0.4) is 0 Å². The molecular formula is C27H28FN5O5. The summed E-state index contributed by atoms with van der Waals surface area (Å²) in [5, 5.41) is 6.08. The first-order chi connectivity index (χ1) is 18.5. The quantitative estimate of drug-likeness (QED) is 0.390. The molecule has 0 radical (unpaired) electrons. The number of carbonyl (C=O) groups excluding carboxylic acids is 2. The molecule has 5 rings (SSSR count). The zero-order valence-corrected chi connectivity index (χ0v) is 20.9. The van der Waals surface area contributed by atoms with Crippen LogP contribution in [0.15, 0.2) is 49.3 Å². The first kappa shape index (κ1) is 25.3. The van der Waals surface area contributed by atoms with E-state index in [1.807, 2.05) is 0 Å². The number of nitrogens with zero attached hydrogens (tertiary/aromatic N) is 2. The van der Waals surface area contributed by atoms with Crippen molar-refractivity contribution >= 4 is 23.2 Å². The fourth-order valence-electron chi connectivity index (χ4n) is 4.74. The molecule has 11 heteroatoms. The average Bonchev–Trinajstić information content (AvgIpc) is 3.31. The lowest BCUT2D eigenvalue weighted by atomic mass is 10.0. The van der Waals surface area contributed by atoms with E-state index in [9.17, 15) is 14.0 Å². The second kappa shape index (κ2) is 10.9. The van der Waals surface area contributed by atoms with E-state index in [0.717, 1.165) is 5.69 Å². The minimum Gasteiger partial charge on any atom is -0.492 e. The Morgan fingerprint density at radius 2 is 2.26 bits per heavy atom. The van der Waals surface area contributed by atoms with Gasteiger partial charge in [-0.15, -0.1) is 0 Å². The number of aromatic amines is 1. The smallest absolute Gasteiger partial charge is 0.255 e. The molecule has 0 unspecified atom stereocenters. The van der Waals surface area contributed by atoms with E-state index in [-0.39, 0.29) is 30.2 Å². The SMILES string of the molecule is C=CC(=O)N1CCOC[C@@H]1COc1cnccc1-c1[nH]c2c(c1Nc1cccc(F)c1OC)C(=O)NCC2. The first-order valence-corrected chi connectivity index (χ1v) is 12.2. The third kappa shape index (κ3) is 4.80. The number of anilines is 2. The molecular weight excluding hydrogens is 493 g/mol. The Kier molecular flexibility index (Phi) is 7.27. The minimum absolute atomic E-state index is 0.0279. The highest BCUT2D eigenvalue weighted by molar-refractivity contribution is 6.06. The second-order valence-electron chi connectivity index (χ2n) is 8.83. The molecule has 2 amide bonds. The molecule has 1 atom stereocenters. The number of amides is 2. The van der Waals surface area contributed by atoms with E-state index < -0.39 is 5.82 Å². The molecule has 1 aromatic carbocycles. The number of ether oxygens (including phenoxy) is 3. The second-order valence-corrected chi connectivity index (χ2v) is 8.83. The standard InChI is InChI=1S/C27H28FN5O5/c1-3-22(34)33-11-12-37-14-16(33)15-38-21-13-29-9-7-17(21)24-25(23-19(31-24)8-10-30-27(23)35)32-20-6-4-5-18(28)26(20)36-2/h3-7,9,13,16,31-32H,1,8,10-12,14-15H2,2H3,(H,30,35)/t16-/m1/s1. The summed E-state index contributed by atoms with van der Waals surface area (Å²) in [6, 6.07) is 5.99. The number of H-pyrrole nitrogens is 1. The van der Waals surface area contributed by atoms with Crippen LogP contribution >= 0.6 is 0 Å². The van der Waals surface area contributed by atoms with Gasteiger partial charge < -0.3 is 34.7 Å². The van der Waals surface area contributed by atoms with Crippen LogP contribution in [0.2, 0.25) is 0 Å². The molecule has 1 saturated heterocycles. The van der Waals surface area contributed by atoms with Gasteiger partial charge in [-0.3, -0.25) is 14.6 Å². The molecule has 1 fully saturated rings. The van der Waals surface area contributed by atoms with Gasteiger partial charge in [0.2, 0.25) is 5.91 Å². The van der Waals surface area contributed by atoms with Gasteiger partial charge in [0, 0.05) is 37.0 Å². The largest absolute Gasteiger partial charge is 0.492 e. The molecule has 38 heavy (non-hydrogen) atoms. The molecule has 4 heterocycles. The van der Waals surface area contributed by atoms with E-state index in [1.165, 1.54) is 19.3 Å². The number of fused-ring (bicyclic) bond motifs is 1. The number of nitrogens with one attached hydrogen (secondary N) is 3. The lowest BCUT2D eigenvalue weighted by molar-refractivity contribution is -0.135. The van der Waals surface area contributed by atoms with E-state index in [0.29, 0.717) is 66.7 Å². The van der Waals surface area contributed by atoms with Crippen molar-refractivity contribution in [3.05, 3.63) is 66.4 Å². The third-order valence-electron chi connectivity index (χ3n) is 6.57. The van der Waals surface area contributed by atoms with Crippen LogP contribution < -0.4 is 20.1 Å². The Morgan fingerprint density at radius 3 is 3.08 bits per heavy atom. The number of hydrogen-bond donors (Lipinski definition) is 3. The fraction of sp³-hybridized carbons (Fsp3) is 0.296. The molecule has 3 N–H and O–H groups in total. The van der Waals surface area contributed by atoms with Crippen molar-refractivity contribution in [3.63, 3.8) is 0 Å². The number of carbonyl (C=O) groups is 2. The van der Waals surface area contributed by atoms with Crippen molar-refractivity contribution in [2.75, 3.05) is 45.3 Å². The summed E-state index contributed by atoms with van der Waals surface area (Å²) in [5.41, 5.74) is 3.22. The number of hydrogen-bond acceptors (Lipinski definition) is 7. The van der Waals surface area contributed by atoms with Crippen molar-refractivity contribution < 1.29 is 28.2 Å². The maximum Gasteiger partial charge on any atom is 0.255 e. The molecule has 2 aliphatic rings. The molecule has 2 aliphatic heterocycles. The first-order valence-electron chi connectivity index (χ1n) is 12.2. The van der Waals surface area contributed by atoms with Gasteiger partial charge in [-0.05, 0) is 24.3 Å². The Labute approximate surface area is 218 Å². The van der Waals surface area contributed by atoms with Gasteiger partial charge in [0.1, 0.15) is 12.4 Å². The molecule has 3 aromatic rings. The Hall–Kier alpha value is -4.38. The predicted molar refractivity (Wildman–Crippen MR) is 138 cm³/mol. The number of benzene rings is 1. The summed E-state index contributed by atoms with van der Waals surface area (Å²) in [5.74, 6) is -0.500. The van der Waals surface area contributed by atoms with Gasteiger partial charge in [0.05, 0.1) is 55.2 Å². The predicted octanol–water partition coefficient (Wildman–Crippen LogP) is 3.05. The summed E-state index contributed by atoms with van der Waals surface area (Å²) in [6.45, 7) is 5.46. The van der Waals surface area contributed by atoms with E-state index >= 15 is 0 Å². The topological polar surface area (TPSA) is 118 Å². The highest BCUT2D eigenvalue weighted by atomic mass is 19.1. The number of pyridine rings is 1. The van der Waals surface area contributed by atoms with E-state index in [2.05, 4.69) is 27.2 Å². The number of aromatic nitrogens is 2. The number of methoxy groups -OCH3 is 1. The lowest BCUT2D eigenvalue weighted by Gasteiger charge is -2.34. The zero-order chi connectivity index (χ0) is 26.6. The van der Waals surface area contributed by atoms with Crippen molar-refractivity contribution in [2.24, 2.45) is 0 Å². The van der Waals surface area contributed by atoms with Gasteiger partial charge in [-0.25, -0.2) is 4.39 Å². The van der Waals surface area contributed by atoms with Crippen LogP contribution in [0.4, 0.5) is 15.8 Å². The van der Waals surface area contributed by atoms with E-state index in [4.69, 9.17) is 14.2 Å². The average molecular weight is 522 g/mol. The van der Waals surface area contributed by atoms with Crippen LogP contribution in [-0.2, 0) is 16.0 Å². The maximum absolute atomic E-state index is 14.4. The molecule has 0 aliphatic carbocycles. The molecule has 10 nitrogen and oxygen atoms in total. The maximum atomic E-state index is 14.4.